The maximum absolute atomic E-state index is 11.7. The first-order valence-corrected chi connectivity index (χ1v) is 7.59. The van der Waals surface area contributed by atoms with E-state index in [0.717, 1.165) is 23.3 Å². The van der Waals surface area contributed by atoms with Gasteiger partial charge in [0.1, 0.15) is 5.75 Å². The van der Waals surface area contributed by atoms with Crippen molar-refractivity contribution in [1.82, 2.24) is 0 Å². The van der Waals surface area contributed by atoms with Crippen LogP contribution in [0.5, 0.6) is 5.75 Å². The smallest absolute Gasteiger partial charge is 0.311 e. The van der Waals surface area contributed by atoms with Crippen molar-refractivity contribution in [3.05, 3.63) is 69.3 Å². The molecule has 126 valence electrons. The van der Waals surface area contributed by atoms with Gasteiger partial charge in [0.2, 0.25) is 0 Å². The Kier molecular flexibility index (Phi) is 5.52. The molecule has 24 heavy (non-hydrogen) atoms. The molecular weight excluding hydrogens is 310 g/mol. The number of hydrogen-bond donors (Lipinski definition) is 1. The van der Waals surface area contributed by atoms with Gasteiger partial charge < -0.3 is 9.84 Å². The van der Waals surface area contributed by atoms with Gasteiger partial charge in [-0.15, -0.1) is 0 Å². The van der Waals surface area contributed by atoms with Gasteiger partial charge in [0.05, 0.1) is 18.0 Å². The van der Waals surface area contributed by atoms with E-state index in [0.29, 0.717) is 5.56 Å². The standard InChI is InChI=1S/C18H19NO5/c1-3-13-11-14(6-9-17(13)24-2)16(18(20)21)10-12-4-7-15(8-5-12)19(22)23/h4-9,11,16H,3,10H2,1-2H3,(H,20,21). The molecule has 2 aromatic carbocycles. The van der Waals surface area contributed by atoms with Crippen molar-refractivity contribution in [3.8, 4) is 5.75 Å². The lowest BCUT2D eigenvalue weighted by Crippen LogP contribution is -2.15. The predicted molar refractivity (Wildman–Crippen MR) is 89.5 cm³/mol. The number of carboxylic acid groups (broad SMARTS) is 1. The molecule has 6 nitrogen and oxygen atoms in total. The lowest BCUT2D eigenvalue weighted by atomic mass is 9.90. The monoisotopic (exact) mass is 329 g/mol. The Hall–Kier alpha value is -2.89. The fraction of sp³-hybridized carbons (Fsp3) is 0.278. The average Bonchev–Trinajstić information content (AvgIpc) is 2.59. The third-order valence-electron chi connectivity index (χ3n) is 3.97. The molecule has 0 fully saturated rings. The molecular formula is C18H19NO5. The third kappa shape index (κ3) is 3.90. The SMILES string of the molecule is CCc1cc(C(Cc2ccc([N+](=O)[O-])cc2)C(=O)O)ccc1OC. The molecule has 2 rings (SSSR count). The number of benzene rings is 2. The molecule has 0 heterocycles. The van der Waals surface area contributed by atoms with Crippen LogP contribution in [0.2, 0.25) is 0 Å². The number of aryl methyl sites for hydroxylation is 1. The molecule has 2 aromatic rings. The van der Waals surface area contributed by atoms with Gasteiger partial charge in [-0.05, 0) is 35.6 Å². The normalized spacial score (nSPS) is 11.8. The lowest BCUT2D eigenvalue weighted by Gasteiger charge is -2.15. The van der Waals surface area contributed by atoms with Crippen molar-refractivity contribution >= 4 is 11.7 Å². The maximum atomic E-state index is 11.7. The Bertz CT molecular complexity index is 740. The minimum absolute atomic E-state index is 0.0108. The number of nitrogens with zero attached hydrogens (tertiary/aromatic N) is 1. The Labute approximate surface area is 139 Å². The van der Waals surface area contributed by atoms with E-state index in [1.807, 2.05) is 13.0 Å². The number of non-ortho nitro benzene ring substituents is 1. The van der Waals surface area contributed by atoms with Crippen LogP contribution in [-0.4, -0.2) is 23.1 Å². The van der Waals surface area contributed by atoms with Gasteiger partial charge in [-0.2, -0.15) is 0 Å². The molecule has 1 N–H and O–H groups in total. The second-order valence-electron chi connectivity index (χ2n) is 5.44. The molecule has 0 radical (unpaired) electrons. The first-order valence-electron chi connectivity index (χ1n) is 7.59. The van der Waals surface area contributed by atoms with Gasteiger partial charge in [-0.3, -0.25) is 14.9 Å². The highest BCUT2D eigenvalue weighted by atomic mass is 16.6. The summed E-state index contributed by atoms with van der Waals surface area (Å²) in [4.78, 5) is 21.9. The Balaban J connectivity index is 2.29. The van der Waals surface area contributed by atoms with E-state index in [2.05, 4.69) is 0 Å². The summed E-state index contributed by atoms with van der Waals surface area (Å²) in [7, 11) is 1.58. The Morgan fingerprint density at radius 3 is 2.42 bits per heavy atom. The Morgan fingerprint density at radius 2 is 1.92 bits per heavy atom. The predicted octanol–water partition coefficient (Wildman–Crippen LogP) is 3.58. The van der Waals surface area contributed by atoms with Crippen molar-refractivity contribution in [2.24, 2.45) is 0 Å². The van der Waals surface area contributed by atoms with E-state index in [1.165, 1.54) is 12.1 Å². The highest BCUT2D eigenvalue weighted by Gasteiger charge is 2.22. The zero-order valence-corrected chi connectivity index (χ0v) is 13.6. The summed E-state index contributed by atoms with van der Waals surface area (Å²) in [6.45, 7) is 1.98. The van der Waals surface area contributed by atoms with E-state index < -0.39 is 16.8 Å². The highest BCUT2D eigenvalue weighted by molar-refractivity contribution is 5.76. The zero-order valence-electron chi connectivity index (χ0n) is 13.6. The summed E-state index contributed by atoms with van der Waals surface area (Å²) in [5, 5.41) is 20.3. The first kappa shape index (κ1) is 17.5. The molecule has 0 saturated heterocycles. The summed E-state index contributed by atoms with van der Waals surface area (Å²) in [6, 6.07) is 11.3. The number of methoxy groups -OCH3 is 1. The van der Waals surface area contributed by atoms with Crippen molar-refractivity contribution in [2.75, 3.05) is 7.11 Å². The van der Waals surface area contributed by atoms with Crippen LogP contribution in [-0.2, 0) is 17.6 Å². The quantitative estimate of drug-likeness (QED) is 0.619. The summed E-state index contributed by atoms with van der Waals surface area (Å²) < 4.78 is 5.27. The van der Waals surface area contributed by atoms with Gasteiger partial charge in [0, 0.05) is 12.1 Å². The lowest BCUT2D eigenvalue weighted by molar-refractivity contribution is -0.384. The van der Waals surface area contributed by atoms with Crippen molar-refractivity contribution in [2.45, 2.75) is 25.7 Å². The second-order valence-corrected chi connectivity index (χ2v) is 5.44. The first-order chi connectivity index (χ1) is 11.5. The van der Waals surface area contributed by atoms with Crippen LogP contribution in [0.1, 0.15) is 29.5 Å². The molecule has 0 bridgehead atoms. The van der Waals surface area contributed by atoms with Gasteiger partial charge in [-0.25, -0.2) is 0 Å². The van der Waals surface area contributed by atoms with Crippen LogP contribution in [0, 0.1) is 10.1 Å². The third-order valence-corrected chi connectivity index (χ3v) is 3.97. The maximum Gasteiger partial charge on any atom is 0.311 e. The van der Waals surface area contributed by atoms with Crippen LogP contribution in [0.4, 0.5) is 5.69 Å². The molecule has 0 aliphatic rings. The van der Waals surface area contributed by atoms with Crippen molar-refractivity contribution in [3.63, 3.8) is 0 Å². The van der Waals surface area contributed by atoms with Crippen molar-refractivity contribution in [1.29, 1.82) is 0 Å². The number of carboxylic acids is 1. The molecule has 0 aromatic heterocycles. The summed E-state index contributed by atoms with van der Waals surface area (Å²) in [6.07, 6.45) is 1.00. The molecule has 0 spiro atoms. The number of rotatable bonds is 7. The summed E-state index contributed by atoms with van der Waals surface area (Å²) >= 11 is 0. The van der Waals surface area contributed by atoms with E-state index in [4.69, 9.17) is 4.74 Å². The number of ether oxygens (including phenoxy) is 1. The second kappa shape index (κ2) is 7.59. The van der Waals surface area contributed by atoms with Gasteiger partial charge in [0.25, 0.3) is 5.69 Å². The van der Waals surface area contributed by atoms with Crippen LogP contribution in [0.15, 0.2) is 42.5 Å². The fourth-order valence-electron chi connectivity index (χ4n) is 2.63. The largest absolute Gasteiger partial charge is 0.496 e. The fourth-order valence-corrected chi connectivity index (χ4v) is 2.63. The molecule has 0 aliphatic carbocycles. The molecule has 0 amide bonds. The summed E-state index contributed by atoms with van der Waals surface area (Å²) in [5.74, 6) is -0.913. The molecule has 1 atom stereocenters. The molecule has 6 heteroatoms. The minimum atomic E-state index is -0.930. The average molecular weight is 329 g/mol. The molecule has 0 saturated carbocycles. The number of nitro groups is 1. The van der Waals surface area contributed by atoms with Gasteiger partial charge in [-0.1, -0.05) is 31.2 Å². The number of carbonyl (C=O) groups is 1. The van der Waals surface area contributed by atoms with Gasteiger partial charge in [0.15, 0.2) is 0 Å². The molecule has 1 unspecified atom stereocenters. The van der Waals surface area contributed by atoms with E-state index in [1.54, 1.807) is 31.4 Å². The number of aliphatic carboxylic acids is 1. The van der Waals surface area contributed by atoms with Crippen LogP contribution < -0.4 is 4.74 Å². The summed E-state index contributed by atoms with van der Waals surface area (Å²) in [5.41, 5.74) is 2.37. The van der Waals surface area contributed by atoms with Crippen molar-refractivity contribution < 1.29 is 19.6 Å². The number of hydrogen-bond acceptors (Lipinski definition) is 4. The topological polar surface area (TPSA) is 89.7 Å². The van der Waals surface area contributed by atoms with Crippen LogP contribution in [0.25, 0.3) is 0 Å². The van der Waals surface area contributed by atoms with Crippen LogP contribution >= 0.6 is 0 Å². The van der Waals surface area contributed by atoms with Crippen LogP contribution in [0.3, 0.4) is 0 Å². The van der Waals surface area contributed by atoms with E-state index in [9.17, 15) is 20.0 Å². The van der Waals surface area contributed by atoms with E-state index >= 15 is 0 Å². The van der Waals surface area contributed by atoms with E-state index in [-0.39, 0.29) is 12.1 Å². The zero-order chi connectivity index (χ0) is 17.7. The van der Waals surface area contributed by atoms with Gasteiger partial charge >= 0.3 is 5.97 Å². The molecule has 0 aliphatic heterocycles. The highest BCUT2D eigenvalue weighted by Crippen LogP contribution is 2.28. The Morgan fingerprint density at radius 1 is 1.25 bits per heavy atom. The minimum Gasteiger partial charge on any atom is -0.496 e. The number of nitro benzene ring substituents is 1.